The molecule has 2 rings (SSSR count). The lowest BCUT2D eigenvalue weighted by Gasteiger charge is -2.15. The average Bonchev–Trinajstić information content (AvgIpc) is 2.81. The Kier molecular flexibility index (Phi) is 2.94. The third-order valence-corrected chi connectivity index (χ3v) is 2.76. The van der Waals surface area contributed by atoms with E-state index in [1.54, 1.807) is 0 Å². The summed E-state index contributed by atoms with van der Waals surface area (Å²) in [7, 11) is 0. The predicted octanol–water partition coefficient (Wildman–Crippen LogP) is 1.74. The van der Waals surface area contributed by atoms with E-state index in [0.29, 0.717) is 25.0 Å². The fourth-order valence-electron chi connectivity index (χ4n) is 1.95. The van der Waals surface area contributed by atoms with E-state index in [1.807, 2.05) is 0 Å². The lowest BCUT2D eigenvalue weighted by atomic mass is 10.1. The molecule has 7 heteroatoms. The number of hydrogen-bond donors (Lipinski definition) is 0. The lowest BCUT2D eigenvalue weighted by molar-refractivity contribution is -0.141. The molecule has 0 N–H and O–H groups in total. The van der Waals surface area contributed by atoms with E-state index in [1.165, 1.54) is 11.6 Å². The van der Waals surface area contributed by atoms with Crippen molar-refractivity contribution in [3.63, 3.8) is 0 Å². The van der Waals surface area contributed by atoms with Crippen molar-refractivity contribution in [2.45, 2.75) is 31.7 Å². The molecule has 2 unspecified atom stereocenters. The van der Waals surface area contributed by atoms with Crippen molar-refractivity contribution in [1.29, 1.82) is 0 Å². The summed E-state index contributed by atoms with van der Waals surface area (Å²) in [5, 5.41) is 3.51. The van der Waals surface area contributed by atoms with Gasteiger partial charge in [-0.05, 0) is 19.4 Å². The maximum atomic E-state index is 12.5. The van der Waals surface area contributed by atoms with Crippen molar-refractivity contribution >= 4 is 6.29 Å². The number of aldehydes is 1. The highest BCUT2D eigenvalue weighted by molar-refractivity contribution is 5.57. The van der Waals surface area contributed by atoms with Crippen LogP contribution < -0.4 is 0 Å². The van der Waals surface area contributed by atoms with Crippen molar-refractivity contribution in [3.8, 4) is 0 Å². The Balaban J connectivity index is 2.33. The number of carbonyl (C=O) groups is 1. The van der Waals surface area contributed by atoms with Gasteiger partial charge in [-0.25, -0.2) is 0 Å². The zero-order valence-corrected chi connectivity index (χ0v) is 9.07. The Morgan fingerprint density at radius 3 is 2.82 bits per heavy atom. The van der Waals surface area contributed by atoms with Gasteiger partial charge in [-0.3, -0.25) is 4.68 Å². The summed E-state index contributed by atoms with van der Waals surface area (Å²) < 4.78 is 43.8. The van der Waals surface area contributed by atoms with Crippen molar-refractivity contribution in [2.75, 3.05) is 6.61 Å². The second-order valence-corrected chi connectivity index (χ2v) is 3.94. The Morgan fingerprint density at radius 2 is 2.29 bits per heavy atom. The Labute approximate surface area is 95.4 Å². The van der Waals surface area contributed by atoms with Gasteiger partial charge in [-0.15, -0.1) is 0 Å². The molecular formula is C10H11F3N2O2. The van der Waals surface area contributed by atoms with Crippen molar-refractivity contribution in [1.82, 2.24) is 9.78 Å². The molecule has 0 spiro atoms. The quantitative estimate of drug-likeness (QED) is 0.749. The zero-order valence-electron chi connectivity index (χ0n) is 9.07. The monoisotopic (exact) mass is 248 g/mol. The van der Waals surface area contributed by atoms with Gasteiger partial charge in [0.1, 0.15) is 6.10 Å². The molecule has 0 bridgehead atoms. The van der Waals surface area contributed by atoms with Gasteiger partial charge >= 0.3 is 6.18 Å². The molecule has 0 aromatic carbocycles. The number of halogens is 3. The van der Waals surface area contributed by atoms with Gasteiger partial charge in [0.25, 0.3) is 0 Å². The van der Waals surface area contributed by atoms with E-state index in [4.69, 9.17) is 4.74 Å². The summed E-state index contributed by atoms with van der Waals surface area (Å²) in [6.07, 6.45) is -4.09. The number of ether oxygens (including phenoxy) is 1. The second-order valence-electron chi connectivity index (χ2n) is 3.94. The summed E-state index contributed by atoms with van der Waals surface area (Å²) >= 11 is 0. The highest BCUT2D eigenvalue weighted by atomic mass is 19.4. The maximum Gasteiger partial charge on any atom is 0.435 e. The smallest absolute Gasteiger partial charge is 0.368 e. The minimum absolute atomic E-state index is 0.356. The molecule has 2 heterocycles. The van der Waals surface area contributed by atoms with Crippen LogP contribution in [-0.2, 0) is 15.7 Å². The van der Waals surface area contributed by atoms with Gasteiger partial charge in [0.2, 0.25) is 0 Å². The second kappa shape index (κ2) is 4.14. The molecule has 94 valence electrons. The van der Waals surface area contributed by atoms with Crippen LogP contribution in [-0.4, -0.2) is 28.8 Å². The van der Waals surface area contributed by atoms with Gasteiger partial charge in [-0.1, -0.05) is 0 Å². The van der Waals surface area contributed by atoms with E-state index in [-0.39, 0.29) is 0 Å². The van der Waals surface area contributed by atoms with Crippen molar-refractivity contribution in [3.05, 3.63) is 17.5 Å². The fourth-order valence-corrected chi connectivity index (χ4v) is 1.95. The summed E-state index contributed by atoms with van der Waals surface area (Å²) in [4.78, 5) is 10.7. The molecule has 2 atom stereocenters. The van der Waals surface area contributed by atoms with Gasteiger partial charge < -0.3 is 9.53 Å². The summed E-state index contributed by atoms with van der Waals surface area (Å²) in [6.45, 7) is 1.89. The van der Waals surface area contributed by atoms with Gasteiger partial charge in [-0.2, -0.15) is 18.3 Å². The van der Waals surface area contributed by atoms with Crippen LogP contribution >= 0.6 is 0 Å². The first kappa shape index (κ1) is 12.1. The molecule has 1 aliphatic heterocycles. The van der Waals surface area contributed by atoms with Crippen LogP contribution in [0.4, 0.5) is 13.2 Å². The third kappa shape index (κ3) is 2.19. The Bertz CT molecular complexity index is 428. The first-order valence-corrected chi connectivity index (χ1v) is 5.13. The van der Waals surface area contributed by atoms with Crippen LogP contribution in [0.2, 0.25) is 0 Å². The van der Waals surface area contributed by atoms with Crippen molar-refractivity contribution in [2.24, 2.45) is 0 Å². The number of aryl methyl sites for hydroxylation is 1. The van der Waals surface area contributed by atoms with E-state index in [0.717, 1.165) is 6.07 Å². The molecule has 0 aliphatic carbocycles. The summed E-state index contributed by atoms with van der Waals surface area (Å²) in [6, 6.07) is 0.531. The molecule has 0 amide bonds. The highest BCUT2D eigenvalue weighted by Gasteiger charge is 2.37. The molecule has 4 nitrogen and oxygen atoms in total. The first-order valence-electron chi connectivity index (χ1n) is 5.13. The minimum Gasteiger partial charge on any atom is -0.368 e. The molecule has 1 aliphatic rings. The first-order chi connectivity index (χ1) is 7.93. The van der Waals surface area contributed by atoms with Crippen LogP contribution in [0.1, 0.15) is 23.9 Å². The Hall–Kier alpha value is -1.37. The number of rotatable bonds is 2. The molecule has 1 saturated heterocycles. The van der Waals surface area contributed by atoms with Gasteiger partial charge in [0.15, 0.2) is 12.0 Å². The van der Waals surface area contributed by atoms with Crippen LogP contribution in [0.25, 0.3) is 0 Å². The maximum absolute atomic E-state index is 12.5. The van der Waals surface area contributed by atoms with E-state index in [9.17, 15) is 18.0 Å². The van der Waals surface area contributed by atoms with Gasteiger partial charge in [0, 0.05) is 12.3 Å². The predicted molar refractivity (Wildman–Crippen MR) is 51.4 cm³/mol. The fraction of sp³-hybridized carbons (Fsp3) is 0.600. The molecule has 17 heavy (non-hydrogen) atoms. The number of hydrogen-bond acceptors (Lipinski definition) is 3. The number of alkyl halides is 3. The topological polar surface area (TPSA) is 44.1 Å². The van der Waals surface area contributed by atoms with E-state index >= 15 is 0 Å². The van der Waals surface area contributed by atoms with E-state index < -0.39 is 24.0 Å². The van der Waals surface area contributed by atoms with Crippen LogP contribution in [0, 0.1) is 6.92 Å². The molecule has 0 saturated carbocycles. The average molecular weight is 248 g/mol. The van der Waals surface area contributed by atoms with Crippen molar-refractivity contribution < 1.29 is 22.7 Å². The highest BCUT2D eigenvalue weighted by Crippen LogP contribution is 2.32. The lowest BCUT2D eigenvalue weighted by Crippen LogP contribution is -2.23. The van der Waals surface area contributed by atoms with E-state index in [2.05, 4.69) is 5.10 Å². The normalized spacial score (nSPS) is 25.2. The summed E-state index contributed by atoms with van der Waals surface area (Å²) in [5.41, 5.74) is -0.564. The third-order valence-electron chi connectivity index (χ3n) is 2.76. The SMILES string of the molecule is Cc1cc(C(F)(F)F)nn1C1CCOC1C=O. The minimum atomic E-state index is -4.47. The van der Waals surface area contributed by atoms with Crippen LogP contribution in [0.3, 0.4) is 0 Å². The number of nitrogens with zero attached hydrogens (tertiary/aromatic N) is 2. The molecule has 1 aromatic heterocycles. The molecule has 1 fully saturated rings. The summed E-state index contributed by atoms with van der Waals surface area (Å²) in [5.74, 6) is 0. The number of carbonyl (C=O) groups excluding carboxylic acids is 1. The zero-order chi connectivity index (χ0) is 12.6. The Morgan fingerprint density at radius 1 is 1.59 bits per heavy atom. The largest absolute Gasteiger partial charge is 0.435 e. The standard InChI is InChI=1S/C10H11F3N2O2/c1-6-4-9(10(11,12)13)14-15(6)7-2-3-17-8(7)5-16/h4-5,7-8H,2-3H2,1H3. The molecular weight excluding hydrogens is 237 g/mol. The molecule has 1 aromatic rings. The molecule has 0 radical (unpaired) electrons. The van der Waals surface area contributed by atoms with Crippen LogP contribution in [0.15, 0.2) is 6.07 Å². The van der Waals surface area contributed by atoms with Gasteiger partial charge in [0.05, 0.1) is 6.04 Å². The van der Waals surface area contributed by atoms with Crippen LogP contribution in [0.5, 0.6) is 0 Å². The number of aromatic nitrogens is 2.